The second-order valence-corrected chi connectivity index (χ2v) is 17.7. The lowest BCUT2D eigenvalue weighted by atomic mass is 9.82. The van der Waals surface area contributed by atoms with Crippen LogP contribution in [0.4, 0.5) is 0 Å². The lowest BCUT2D eigenvalue weighted by molar-refractivity contribution is -0.293. The van der Waals surface area contributed by atoms with Gasteiger partial charge >= 0.3 is 5.97 Å². The van der Waals surface area contributed by atoms with Gasteiger partial charge in [0, 0.05) is 19.4 Å². The molecule has 9 heterocycles. The van der Waals surface area contributed by atoms with Gasteiger partial charge in [-0.15, -0.1) is 0 Å². The average Bonchev–Trinajstić information content (AvgIpc) is 3.77. The fourth-order valence-electron chi connectivity index (χ4n) is 11.5. The van der Waals surface area contributed by atoms with E-state index >= 15 is 0 Å². The van der Waals surface area contributed by atoms with Gasteiger partial charge in [0.2, 0.25) is 0 Å². The maximum Gasteiger partial charge on any atom is 0.308 e. The monoisotopic (exact) mass is 713 g/mol. The minimum absolute atomic E-state index is 0.00596. The second kappa shape index (κ2) is 13.7. The number of esters is 1. The number of aliphatic hydroxyl groups excluding tert-OH is 1. The van der Waals surface area contributed by atoms with Crippen LogP contribution in [0.15, 0.2) is 24.3 Å². The molecule has 11 heteroatoms. The Hall–Kier alpha value is -1.41. The van der Waals surface area contributed by atoms with E-state index in [1.807, 2.05) is 0 Å². The van der Waals surface area contributed by atoms with Crippen LogP contribution in [0.5, 0.6) is 0 Å². The van der Waals surface area contributed by atoms with Crippen LogP contribution in [-0.2, 0) is 42.7 Å². The van der Waals surface area contributed by atoms with Gasteiger partial charge in [0.1, 0.15) is 36.6 Å². The zero-order valence-electron chi connectivity index (χ0n) is 30.4. The first-order valence-corrected chi connectivity index (χ1v) is 20.1. The van der Waals surface area contributed by atoms with Gasteiger partial charge in [-0.05, 0) is 99.0 Å². The van der Waals surface area contributed by atoms with Crippen molar-refractivity contribution in [3.05, 3.63) is 24.3 Å². The smallest absolute Gasteiger partial charge is 0.308 e. The largest absolute Gasteiger partial charge is 0.462 e. The van der Waals surface area contributed by atoms with E-state index in [0.29, 0.717) is 31.6 Å². The Labute approximate surface area is 302 Å². The average molecular weight is 714 g/mol. The summed E-state index contributed by atoms with van der Waals surface area (Å²) in [5, 5.41) is 10.5. The third-order valence-electron chi connectivity index (χ3n) is 14.3. The molecule has 0 aromatic rings. The van der Waals surface area contributed by atoms with Crippen molar-refractivity contribution in [2.75, 3.05) is 6.54 Å². The van der Waals surface area contributed by atoms with Crippen LogP contribution in [-0.4, -0.2) is 109 Å². The van der Waals surface area contributed by atoms with E-state index in [-0.39, 0.29) is 116 Å². The van der Waals surface area contributed by atoms with E-state index < -0.39 is 11.9 Å². The number of aliphatic hydroxyl groups is 1. The van der Waals surface area contributed by atoms with E-state index in [4.69, 9.17) is 43.6 Å². The van der Waals surface area contributed by atoms with Crippen LogP contribution in [0.3, 0.4) is 0 Å². The van der Waals surface area contributed by atoms with Gasteiger partial charge in [-0.3, -0.25) is 4.79 Å². The minimum Gasteiger partial charge on any atom is -0.462 e. The molecule has 284 valence electrons. The van der Waals surface area contributed by atoms with Crippen LogP contribution in [0.2, 0.25) is 0 Å². The molecule has 0 aromatic heterocycles. The number of ether oxygens (including phenoxy) is 8. The molecule has 10 rings (SSSR count). The van der Waals surface area contributed by atoms with Gasteiger partial charge in [0.05, 0.1) is 55.3 Å². The van der Waals surface area contributed by atoms with E-state index in [1.165, 1.54) is 0 Å². The quantitative estimate of drug-likeness (QED) is 0.321. The van der Waals surface area contributed by atoms with Crippen LogP contribution in [0, 0.1) is 23.7 Å². The van der Waals surface area contributed by atoms with Crippen molar-refractivity contribution in [2.45, 2.75) is 189 Å². The highest BCUT2D eigenvalue weighted by Crippen LogP contribution is 2.54. The van der Waals surface area contributed by atoms with Crippen molar-refractivity contribution >= 4 is 5.97 Å². The summed E-state index contributed by atoms with van der Waals surface area (Å²) < 4.78 is 53.7. The summed E-state index contributed by atoms with van der Waals surface area (Å²) in [4.78, 5) is 13.8. The van der Waals surface area contributed by atoms with Crippen LogP contribution in [0.1, 0.15) is 97.3 Å². The topological polar surface area (TPSA) is 137 Å². The van der Waals surface area contributed by atoms with Gasteiger partial charge in [0.15, 0.2) is 5.79 Å². The Morgan fingerprint density at radius 1 is 0.784 bits per heavy atom. The van der Waals surface area contributed by atoms with Crippen molar-refractivity contribution in [3.8, 4) is 0 Å². The summed E-state index contributed by atoms with van der Waals surface area (Å²) in [5.41, 5.74) is 8.11. The number of hydrogen-bond donors (Lipinski definition) is 2. The van der Waals surface area contributed by atoms with Gasteiger partial charge in [0.25, 0.3) is 0 Å². The molecular formula is C40H59NO10. The van der Waals surface area contributed by atoms with Crippen LogP contribution >= 0.6 is 0 Å². The Bertz CT molecular complexity index is 1360. The predicted molar refractivity (Wildman–Crippen MR) is 184 cm³/mol. The first kappa shape index (κ1) is 35.3. The summed E-state index contributed by atoms with van der Waals surface area (Å²) in [6.45, 7) is 13.6. The van der Waals surface area contributed by atoms with Crippen molar-refractivity contribution < 1.29 is 47.8 Å². The van der Waals surface area contributed by atoms with E-state index in [1.54, 1.807) is 0 Å². The number of rotatable bonds is 3. The number of carbonyl (C=O) groups is 1. The van der Waals surface area contributed by atoms with Crippen molar-refractivity contribution in [1.29, 1.82) is 0 Å². The second-order valence-electron chi connectivity index (χ2n) is 17.7. The molecule has 19 unspecified atom stereocenters. The van der Waals surface area contributed by atoms with Gasteiger partial charge in [-0.1, -0.05) is 27.0 Å². The number of carbonyl (C=O) groups excluding carboxylic acids is 1. The fourth-order valence-corrected chi connectivity index (χ4v) is 11.5. The van der Waals surface area contributed by atoms with Gasteiger partial charge in [-0.2, -0.15) is 0 Å². The van der Waals surface area contributed by atoms with Crippen LogP contribution in [0.25, 0.3) is 0 Å². The molecule has 0 aromatic carbocycles. The highest BCUT2D eigenvalue weighted by Gasteiger charge is 2.68. The Morgan fingerprint density at radius 3 is 2.37 bits per heavy atom. The van der Waals surface area contributed by atoms with E-state index in [9.17, 15) is 9.90 Å². The lowest BCUT2D eigenvalue weighted by Gasteiger charge is -2.47. The molecule has 51 heavy (non-hydrogen) atoms. The minimum atomic E-state index is -0.776. The molecule has 11 nitrogen and oxygen atoms in total. The highest BCUT2D eigenvalue weighted by molar-refractivity contribution is 5.70. The molecule has 10 fully saturated rings. The Balaban J connectivity index is 0.986. The number of fused-ring (bicyclic) bond motifs is 6. The van der Waals surface area contributed by atoms with Crippen molar-refractivity contribution in [3.63, 3.8) is 0 Å². The normalized spacial score (nSPS) is 53.0. The van der Waals surface area contributed by atoms with Gasteiger partial charge in [-0.25, -0.2) is 0 Å². The zero-order chi connectivity index (χ0) is 35.2. The molecule has 0 radical (unpaired) electrons. The van der Waals surface area contributed by atoms with E-state index in [0.717, 1.165) is 62.5 Å². The molecule has 19 atom stereocenters. The van der Waals surface area contributed by atoms with Gasteiger partial charge < -0.3 is 48.7 Å². The molecule has 10 aliphatic rings. The Morgan fingerprint density at radius 2 is 1.53 bits per heavy atom. The summed E-state index contributed by atoms with van der Waals surface area (Å²) in [5.74, 6) is -0.353. The first-order valence-electron chi connectivity index (χ1n) is 20.1. The molecular weight excluding hydrogens is 654 g/mol. The SMILES string of the molecule is C=C1CC2CCC34CC5OC6C(OC7CCC(CC(=O)OC8C(CC9OC(CCC1O2)CC(C)C9=C)CC(CC(O)CN)C8C)OC7C6O3)C5O4. The Kier molecular flexibility index (Phi) is 9.49. The summed E-state index contributed by atoms with van der Waals surface area (Å²) >= 11 is 0. The molecule has 3 N–H and O–H groups in total. The molecule has 1 aliphatic carbocycles. The number of nitrogens with two attached hydrogens (primary N) is 1. The third kappa shape index (κ3) is 6.48. The summed E-state index contributed by atoms with van der Waals surface area (Å²) in [6.07, 6.45) is 6.91. The molecule has 9 saturated heterocycles. The maximum absolute atomic E-state index is 13.8. The molecule has 1 spiro atoms. The standard InChI is InChI=1S/C40H59NO10/c1-19-11-26-5-7-29-20(2)12-28(44-29)9-10-40-17-32-36(50-40)37-38(48-32)39(51-40)35-30(47-37)8-6-27(46-35)16-33(43)49-34-22(4)23(14-25(42)18-41)13-24(34)15-31(45-26)21(19)3/h19,22-32,34-39,42H,2-3,5-18,41H2,1,4H3. The van der Waals surface area contributed by atoms with Crippen molar-refractivity contribution in [1.82, 2.24) is 0 Å². The summed E-state index contributed by atoms with van der Waals surface area (Å²) in [7, 11) is 0. The molecule has 9 aliphatic heterocycles. The van der Waals surface area contributed by atoms with Crippen LogP contribution < -0.4 is 5.73 Å². The fraction of sp³-hybridized carbons (Fsp3) is 0.875. The number of hydrogen-bond acceptors (Lipinski definition) is 11. The van der Waals surface area contributed by atoms with E-state index in [2.05, 4.69) is 27.0 Å². The third-order valence-corrected chi connectivity index (χ3v) is 14.3. The van der Waals surface area contributed by atoms with Crippen molar-refractivity contribution in [2.24, 2.45) is 29.4 Å². The maximum atomic E-state index is 13.8. The summed E-state index contributed by atoms with van der Waals surface area (Å²) in [6, 6.07) is 0. The lowest BCUT2D eigenvalue weighted by Crippen LogP contribution is -2.61. The molecule has 0 amide bonds. The molecule has 1 saturated carbocycles. The first-order chi connectivity index (χ1) is 24.6. The predicted octanol–water partition coefficient (Wildman–Crippen LogP) is 4.26. The highest BCUT2D eigenvalue weighted by atomic mass is 16.8. The molecule has 12 bridgehead atoms. The zero-order valence-corrected chi connectivity index (χ0v) is 30.4.